The van der Waals surface area contributed by atoms with E-state index in [4.69, 9.17) is 0 Å². The molecular formula is C15H17N4+. The average molecular weight is 253 g/mol. The minimum Gasteiger partial charge on any atom is -0.260 e. The second kappa shape index (κ2) is 4.39. The molecule has 0 amide bonds. The molecule has 2 heterocycles. The van der Waals surface area contributed by atoms with Gasteiger partial charge < -0.3 is 0 Å². The maximum atomic E-state index is 4.56. The van der Waals surface area contributed by atoms with Crippen molar-refractivity contribution in [2.75, 3.05) is 5.32 Å². The van der Waals surface area contributed by atoms with Gasteiger partial charge in [0.25, 0.3) is 0 Å². The molecule has 3 rings (SSSR count). The summed E-state index contributed by atoms with van der Waals surface area (Å²) in [6, 6.07) is 14.4. The van der Waals surface area contributed by atoms with E-state index in [2.05, 4.69) is 40.8 Å². The first-order valence-corrected chi connectivity index (χ1v) is 6.33. The molecule has 0 radical (unpaired) electrons. The van der Waals surface area contributed by atoms with Crippen molar-refractivity contribution in [1.82, 2.24) is 9.78 Å². The van der Waals surface area contributed by atoms with Gasteiger partial charge in [0.05, 0.1) is 18.4 Å². The molecule has 0 saturated carbocycles. The number of aryl methyl sites for hydroxylation is 3. The minimum atomic E-state index is 0.834. The summed E-state index contributed by atoms with van der Waals surface area (Å²) in [7, 11) is 1.96. The maximum absolute atomic E-state index is 4.56. The molecule has 0 aliphatic rings. The van der Waals surface area contributed by atoms with Crippen LogP contribution in [-0.4, -0.2) is 9.78 Å². The van der Waals surface area contributed by atoms with Gasteiger partial charge in [-0.3, -0.25) is 5.32 Å². The Hall–Kier alpha value is -2.36. The number of hydrogen-bond acceptors (Lipinski definition) is 2. The Kier molecular flexibility index (Phi) is 2.71. The number of rotatable bonds is 2. The SMILES string of the molecule is Cc1cc(C)[n+]2c(Nc3ccccc3)nn(C)c2c1. The number of aromatic nitrogens is 3. The highest BCUT2D eigenvalue weighted by Crippen LogP contribution is 2.13. The van der Waals surface area contributed by atoms with Crippen molar-refractivity contribution in [2.45, 2.75) is 13.8 Å². The van der Waals surface area contributed by atoms with Gasteiger partial charge in [-0.15, -0.1) is 4.68 Å². The Balaban J connectivity index is 2.15. The zero-order chi connectivity index (χ0) is 13.4. The topological polar surface area (TPSA) is 34.0 Å². The van der Waals surface area contributed by atoms with E-state index in [9.17, 15) is 0 Å². The zero-order valence-electron chi connectivity index (χ0n) is 11.4. The molecule has 2 aromatic heterocycles. The molecule has 1 N–H and O–H groups in total. The fraction of sp³-hybridized carbons (Fsp3) is 0.200. The molecule has 0 atom stereocenters. The highest BCUT2D eigenvalue weighted by Gasteiger charge is 2.18. The van der Waals surface area contributed by atoms with Crippen LogP contribution in [0.15, 0.2) is 42.5 Å². The first-order chi connectivity index (χ1) is 9.15. The fourth-order valence-corrected chi connectivity index (χ4v) is 2.37. The van der Waals surface area contributed by atoms with E-state index in [-0.39, 0.29) is 0 Å². The Bertz CT molecular complexity index is 729. The Morgan fingerprint density at radius 1 is 1.11 bits per heavy atom. The molecule has 0 unspecified atom stereocenters. The van der Waals surface area contributed by atoms with Crippen LogP contribution in [0.3, 0.4) is 0 Å². The largest absolute Gasteiger partial charge is 0.387 e. The number of fused-ring (bicyclic) bond motifs is 1. The molecule has 96 valence electrons. The minimum absolute atomic E-state index is 0.834. The second-order valence-corrected chi connectivity index (χ2v) is 4.81. The molecule has 4 nitrogen and oxygen atoms in total. The quantitative estimate of drug-likeness (QED) is 0.712. The molecule has 0 bridgehead atoms. The van der Waals surface area contributed by atoms with Crippen LogP contribution in [0.1, 0.15) is 11.3 Å². The molecule has 0 spiro atoms. The van der Waals surface area contributed by atoms with Gasteiger partial charge in [0.2, 0.25) is 5.65 Å². The summed E-state index contributed by atoms with van der Waals surface area (Å²) in [4.78, 5) is 0. The van der Waals surface area contributed by atoms with Crippen LogP contribution in [-0.2, 0) is 7.05 Å². The number of para-hydroxylation sites is 1. The third kappa shape index (κ3) is 2.05. The number of nitrogens with zero attached hydrogens (tertiary/aromatic N) is 3. The van der Waals surface area contributed by atoms with Gasteiger partial charge >= 0.3 is 5.95 Å². The van der Waals surface area contributed by atoms with Gasteiger partial charge in [0.15, 0.2) is 0 Å². The molecule has 0 aliphatic carbocycles. The van der Waals surface area contributed by atoms with E-state index in [0.29, 0.717) is 0 Å². The number of benzene rings is 1. The summed E-state index contributed by atoms with van der Waals surface area (Å²) < 4.78 is 4.02. The first kappa shape index (κ1) is 11.7. The Morgan fingerprint density at radius 2 is 1.84 bits per heavy atom. The third-order valence-electron chi connectivity index (χ3n) is 3.19. The van der Waals surface area contributed by atoms with Crippen LogP contribution in [0.25, 0.3) is 5.65 Å². The molecule has 19 heavy (non-hydrogen) atoms. The van der Waals surface area contributed by atoms with E-state index >= 15 is 0 Å². The van der Waals surface area contributed by atoms with Gasteiger partial charge in [-0.05, 0) is 37.6 Å². The molecule has 3 aromatic rings. The fourth-order valence-electron chi connectivity index (χ4n) is 2.37. The van der Waals surface area contributed by atoms with Gasteiger partial charge in [0, 0.05) is 11.2 Å². The van der Waals surface area contributed by atoms with Gasteiger partial charge in [-0.25, -0.2) is 0 Å². The van der Waals surface area contributed by atoms with Crippen LogP contribution >= 0.6 is 0 Å². The summed E-state index contributed by atoms with van der Waals surface area (Å²) in [5.41, 5.74) is 4.53. The van der Waals surface area contributed by atoms with Crippen molar-refractivity contribution < 1.29 is 4.40 Å². The van der Waals surface area contributed by atoms with Gasteiger partial charge in [0.1, 0.15) is 0 Å². The summed E-state index contributed by atoms with van der Waals surface area (Å²) in [6.45, 7) is 4.20. The smallest absolute Gasteiger partial charge is 0.260 e. The van der Waals surface area contributed by atoms with E-state index in [0.717, 1.165) is 17.3 Å². The maximum Gasteiger partial charge on any atom is 0.387 e. The van der Waals surface area contributed by atoms with Crippen molar-refractivity contribution >= 4 is 17.3 Å². The van der Waals surface area contributed by atoms with Crippen LogP contribution < -0.4 is 9.72 Å². The molecule has 1 aromatic carbocycles. The molecule has 0 saturated heterocycles. The standard InChI is InChI=1S/C15H17N4/c1-11-9-12(2)19-14(10-11)18(3)17-15(19)16-13-7-5-4-6-8-13/h4-10H,1-3H3,(H,16,17)/q+1. The average Bonchev–Trinajstić information content (AvgIpc) is 2.67. The van der Waals surface area contributed by atoms with Gasteiger partial charge in [-0.2, -0.15) is 4.40 Å². The molecule has 0 aliphatic heterocycles. The summed E-state index contributed by atoms with van der Waals surface area (Å²) in [6.07, 6.45) is 0. The van der Waals surface area contributed by atoms with Crippen LogP contribution in [0.5, 0.6) is 0 Å². The van der Waals surface area contributed by atoms with Crippen molar-refractivity contribution in [2.24, 2.45) is 7.05 Å². The van der Waals surface area contributed by atoms with E-state index < -0.39 is 0 Å². The van der Waals surface area contributed by atoms with Crippen molar-refractivity contribution in [3.8, 4) is 0 Å². The lowest BCUT2D eigenvalue weighted by Gasteiger charge is -2.01. The molecular weight excluding hydrogens is 236 g/mol. The Morgan fingerprint density at radius 3 is 2.58 bits per heavy atom. The number of hydrogen-bond donors (Lipinski definition) is 1. The number of nitrogens with one attached hydrogen (secondary N) is 1. The molecule has 0 fully saturated rings. The second-order valence-electron chi connectivity index (χ2n) is 4.81. The van der Waals surface area contributed by atoms with E-state index in [1.54, 1.807) is 0 Å². The summed E-state index contributed by atoms with van der Waals surface area (Å²) in [5.74, 6) is 0.834. The third-order valence-corrected chi connectivity index (χ3v) is 3.19. The van der Waals surface area contributed by atoms with Crippen molar-refractivity contribution in [3.05, 3.63) is 53.7 Å². The lowest BCUT2D eigenvalue weighted by atomic mass is 10.2. The van der Waals surface area contributed by atoms with Gasteiger partial charge in [-0.1, -0.05) is 18.2 Å². The highest BCUT2D eigenvalue weighted by molar-refractivity contribution is 5.52. The van der Waals surface area contributed by atoms with Crippen molar-refractivity contribution in [3.63, 3.8) is 0 Å². The summed E-state index contributed by atoms with van der Waals surface area (Å²) in [5, 5.41) is 7.91. The highest BCUT2D eigenvalue weighted by atomic mass is 15.4. The lowest BCUT2D eigenvalue weighted by molar-refractivity contribution is -0.504. The lowest BCUT2D eigenvalue weighted by Crippen LogP contribution is -2.27. The molecule has 4 heteroatoms. The van der Waals surface area contributed by atoms with Crippen LogP contribution in [0.4, 0.5) is 11.6 Å². The Labute approximate surface area is 112 Å². The summed E-state index contributed by atoms with van der Waals surface area (Å²) >= 11 is 0. The number of anilines is 2. The monoisotopic (exact) mass is 253 g/mol. The van der Waals surface area contributed by atoms with E-state index in [1.807, 2.05) is 42.1 Å². The first-order valence-electron chi connectivity index (χ1n) is 6.33. The number of pyridine rings is 1. The van der Waals surface area contributed by atoms with E-state index in [1.165, 1.54) is 11.3 Å². The zero-order valence-corrected chi connectivity index (χ0v) is 11.4. The predicted molar refractivity (Wildman–Crippen MR) is 75.6 cm³/mol. The predicted octanol–water partition coefficient (Wildman–Crippen LogP) is 2.52. The van der Waals surface area contributed by atoms with Crippen LogP contribution in [0.2, 0.25) is 0 Å². The normalized spacial score (nSPS) is 10.9. The van der Waals surface area contributed by atoms with Crippen molar-refractivity contribution in [1.29, 1.82) is 0 Å². The van der Waals surface area contributed by atoms with Crippen LogP contribution in [0, 0.1) is 13.8 Å².